The van der Waals surface area contributed by atoms with Crippen LogP contribution in [-0.2, 0) is 22.1 Å². The molecule has 1 saturated heterocycles. The fraction of sp³-hybridized carbons (Fsp3) is 0.579. The number of nitrogens with zero attached hydrogens (tertiary/aromatic N) is 1. The first-order chi connectivity index (χ1) is 12.8. The standard InChI is InChI=1S/C19H24F3NO5/c1-18(2,3)28-17(26)23-8-6-13(7-9-23)27-14-5-4-12(10-16(24)25)15(11-14)19(20,21)22/h4-5,11,13H,6-10H2,1-3H3,(H,24,25). The van der Waals surface area contributed by atoms with E-state index in [1.54, 1.807) is 25.7 Å². The molecule has 0 aliphatic carbocycles. The van der Waals surface area contributed by atoms with Crippen molar-refractivity contribution in [2.75, 3.05) is 13.1 Å². The molecule has 1 amide bonds. The molecule has 0 saturated carbocycles. The quantitative estimate of drug-likeness (QED) is 0.819. The molecule has 0 unspecified atom stereocenters. The first-order valence-electron chi connectivity index (χ1n) is 8.91. The third-order valence-corrected chi connectivity index (χ3v) is 4.12. The van der Waals surface area contributed by atoms with Gasteiger partial charge in [-0.2, -0.15) is 13.2 Å². The van der Waals surface area contributed by atoms with Crippen molar-refractivity contribution >= 4 is 12.1 Å². The van der Waals surface area contributed by atoms with Crippen molar-refractivity contribution < 1.29 is 37.3 Å². The highest BCUT2D eigenvalue weighted by Crippen LogP contribution is 2.35. The molecule has 0 spiro atoms. The SMILES string of the molecule is CC(C)(C)OC(=O)N1CCC(Oc2ccc(CC(=O)O)c(C(F)(F)F)c2)CC1. The van der Waals surface area contributed by atoms with Crippen molar-refractivity contribution in [2.45, 2.75) is 57.9 Å². The van der Waals surface area contributed by atoms with Gasteiger partial charge in [0.25, 0.3) is 0 Å². The zero-order chi connectivity index (χ0) is 21.1. The Kier molecular flexibility index (Phi) is 6.46. The molecule has 156 valence electrons. The molecular formula is C19H24F3NO5. The van der Waals surface area contributed by atoms with Crippen LogP contribution in [0, 0.1) is 0 Å². The van der Waals surface area contributed by atoms with Crippen LogP contribution < -0.4 is 4.74 Å². The van der Waals surface area contributed by atoms with E-state index in [0.717, 1.165) is 12.1 Å². The van der Waals surface area contributed by atoms with Gasteiger partial charge in [0.2, 0.25) is 0 Å². The van der Waals surface area contributed by atoms with E-state index in [-0.39, 0.29) is 17.4 Å². The van der Waals surface area contributed by atoms with Gasteiger partial charge < -0.3 is 19.5 Å². The van der Waals surface area contributed by atoms with Crippen LogP contribution in [0.15, 0.2) is 18.2 Å². The van der Waals surface area contributed by atoms with Gasteiger partial charge >= 0.3 is 18.2 Å². The summed E-state index contributed by atoms with van der Waals surface area (Å²) >= 11 is 0. The number of aliphatic carboxylic acids is 1. The van der Waals surface area contributed by atoms with Crippen molar-refractivity contribution in [2.24, 2.45) is 0 Å². The molecule has 1 aliphatic rings. The van der Waals surface area contributed by atoms with E-state index in [2.05, 4.69) is 0 Å². The third-order valence-electron chi connectivity index (χ3n) is 4.12. The molecule has 1 N–H and O–H groups in total. The fourth-order valence-electron chi connectivity index (χ4n) is 2.88. The number of carboxylic acid groups (broad SMARTS) is 1. The van der Waals surface area contributed by atoms with Crippen LogP contribution in [0.5, 0.6) is 5.75 Å². The van der Waals surface area contributed by atoms with Crippen LogP contribution in [0.3, 0.4) is 0 Å². The number of carbonyl (C=O) groups excluding carboxylic acids is 1. The van der Waals surface area contributed by atoms with E-state index in [0.29, 0.717) is 25.9 Å². The molecule has 0 radical (unpaired) electrons. The number of carboxylic acids is 1. The van der Waals surface area contributed by atoms with Crippen LogP contribution >= 0.6 is 0 Å². The topological polar surface area (TPSA) is 76.1 Å². The first-order valence-corrected chi connectivity index (χ1v) is 8.91. The molecule has 1 aromatic carbocycles. The van der Waals surface area contributed by atoms with Gasteiger partial charge in [-0.1, -0.05) is 6.07 Å². The van der Waals surface area contributed by atoms with Gasteiger partial charge in [-0.3, -0.25) is 4.79 Å². The van der Waals surface area contributed by atoms with Gasteiger partial charge in [-0.15, -0.1) is 0 Å². The summed E-state index contributed by atoms with van der Waals surface area (Å²) < 4.78 is 50.6. The highest BCUT2D eigenvalue weighted by atomic mass is 19.4. The Morgan fingerprint density at radius 1 is 1.18 bits per heavy atom. The van der Waals surface area contributed by atoms with Crippen LogP contribution in [0.25, 0.3) is 0 Å². The second kappa shape index (κ2) is 8.28. The average Bonchev–Trinajstić information content (AvgIpc) is 2.54. The second-order valence-corrected chi connectivity index (χ2v) is 7.67. The number of carbonyl (C=O) groups is 2. The Labute approximate surface area is 161 Å². The number of ether oxygens (including phenoxy) is 2. The minimum absolute atomic E-state index is 0.0252. The number of hydrogen-bond donors (Lipinski definition) is 1. The number of alkyl halides is 3. The van der Waals surface area contributed by atoms with Crippen LogP contribution in [0.4, 0.5) is 18.0 Å². The number of amides is 1. The molecule has 1 aliphatic heterocycles. The summed E-state index contributed by atoms with van der Waals surface area (Å²) in [7, 11) is 0. The number of piperidine rings is 1. The Balaban J connectivity index is 2.01. The molecular weight excluding hydrogens is 379 g/mol. The van der Waals surface area contributed by atoms with Gasteiger partial charge in [0.1, 0.15) is 17.5 Å². The Hall–Kier alpha value is -2.45. The van der Waals surface area contributed by atoms with Crippen molar-refractivity contribution in [3.05, 3.63) is 29.3 Å². The smallest absolute Gasteiger partial charge is 0.416 e. The maximum Gasteiger partial charge on any atom is 0.416 e. The summed E-state index contributed by atoms with van der Waals surface area (Å²) in [5.41, 5.74) is -1.93. The van der Waals surface area contributed by atoms with Gasteiger partial charge in [-0.05, 0) is 38.5 Å². The lowest BCUT2D eigenvalue weighted by Gasteiger charge is -2.33. The van der Waals surface area contributed by atoms with Crippen LogP contribution in [0.1, 0.15) is 44.7 Å². The van der Waals surface area contributed by atoms with Crippen LogP contribution in [-0.4, -0.2) is 46.9 Å². The highest BCUT2D eigenvalue weighted by Gasteiger charge is 2.35. The van der Waals surface area contributed by atoms with Crippen molar-refractivity contribution in [3.63, 3.8) is 0 Å². The highest BCUT2D eigenvalue weighted by molar-refractivity contribution is 5.71. The minimum Gasteiger partial charge on any atom is -0.490 e. The number of hydrogen-bond acceptors (Lipinski definition) is 4. The van der Waals surface area contributed by atoms with Crippen molar-refractivity contribution in [1.82, 2.24) is 4.90 Å². The minimum atomic E-state index is -4.68. The molecule has 1 fully saturated rings. The Morgan fingerprint density at radius 3 is 2.29 bits per heavy atom. The molecule has 2 rings (SSSR count). The van der Waals surface area contributed by atoms with Crippen molar-refractivity contribution in [1.29, 1.82) is 0 Å². The maximum atomic E-state index is 13.2. The largest absolute Gasteiger partial charge is 0.490 e. The molecule has 1 aromatic rings. The summed E-state index contributed by atoms with van der Waals surface area (Å²) in [6.45, 7) is 6.07. The maximum absolute atomic E-state index is 13.2. The van der Waals surface area contributed by atoms with E-state index in [4.69, 9.17) is 14.6 Å². The lowest BCUT2D eigenvalue weighted by Crippen LogP contribution is -2.44. The zero-order valence-corrected chi connectivity index (χ0v) is 16.0. The summed E-state index contributed by atoms with van der Waals surface area (Å²) in [5.74, 6) is -1.31. The number of rotatable bonds is 4. The molecule has 0 aromatic heterocycles. The molecule has 0 atom stereocenters. The normalized spacial score (nSPS) is 16.0. The zero-order valence-electron chi connectivity index (χ0n) is 16.0. The Bertz CT molecular complexity index is 719. The molecule has 1 heterocycles. The lowest BCUT2D eigenvalue weighted by molar-refractivity contribution is -0.139. The number of likely N-dealkylation sites (tertiary alicyclic amines) is 1. The molecule has 6 nitrogen and oxygen atoms in total. The van der Waals surface area contributed by atoms with E-state index in [9.17, 15) is 22.8 Å². The van der Waals surface area contributed by atoms with Gasteiger partial charge in [0.15, 0.2) is 0 Å². The predicted molar refractivity (Wildman–Crippen MR) is 94.2 cm³/mol. The summed E-state index contributed by atoms with van der Waals surface area (Å²) in [4.78, 5) is 24.4. The summed E-state index contributed by atoms with van der Waals surface area (Å²) in [5, 5.41) is 8.79. The van der Waals surface area contributed by atoms with Gasteiger partial charge in [-0.25, -0.2) is 4.79 Å². The predicted octanol–water partition coefficient (Wildman–Crippen LogP) is 4.11. The first kappa shape index (κ1) is 21.8. The van der Waals surface area contributed by atoms with Gasteiger partial charge in [0.05, 0.1) is 12.0 Å². The summed E-state index contributed by atoms with van der Waals surface area (Å²) in [6, 6.07) is 3.30. The third kappa shape index (κ3) is 6.31. The van der Waals surface area contributed by atoms with E-state index < -0.39 is 35.8 Å². The van der Waals surface area contributed by atoms with Gasteiger partial charge in [0, 0.05) is 25.9 Å². The number of halogens is 3. The molecule has 0 bridgehead atoms. The van der Waals surface area contributed by atoms with Crippen LogP contribution in [0.2, 0.25) is 0 Å². The molecule has 28 heavy (non-hydrogen) atoms. The monoisotopic (exact) mass is 403 g/mol. The Morgan fingerprint density at radius 2 is 1.79 bits per heavy atom. The number of benzene rings is 1. The molecule has 9 heteroatoms. The fourth-order valence-corrected chi connectivity index (χ4v) is 2.88. The van der Waals surface area contributed by atoms with E-state index in [1.165, 1.54) is 6.07 Å². The van der Waals surface area contributed by atoms with E-state index >= 15 is 0 Å². The lowest BCUT2D eigenvalue weighted by atomic mass is 10.0. The summed E-state index contributed by atoms with van der Waals surface area (Å²) in [6.07, 6.45) is -5.25. The van der Waals surface area contributed by atoms with Crippen molar-refractivity contribution in [3.8, 4) is 5.75 Å². The van der Waals surface area contributed by atoms with E-state index in [1.807, 2.05) is 0 Å². The second-order valence-electron chi connectivity index (χ2n) is 7.67. The average molecular weight is 403 g/mol.